The molecule has 1 aromatic heterocycles. The summed E-state index contributed by atoms with van der Waals surface area (Å²) in [6.45, 7) is 3.89. The highest BCUT2D eigenvalue weighted by molar-refractivity contribution is 5.99. The first-order valence-electron chi connectivity index (χ1n) is 5.90. The Balaban J connectivity index is 2.32. The molecule has 19 heavy (non-hydrogen) atoms. The standard InChI is InChI=1S/C14H13NO4/c1-7-9-4-11-12(19-6-18-11)5-10(9)15-8(2)13(7)14(16)17-3/h4-5H,6H2,1-3H3. The van der Waals surface area contributed by atoms with Crippen molar-refractivity contribution >= 4 is 16.9 Å². The molecule has 0 radical (unpaired) electrons. The van der Waals surface area contributed by atoms with E-state index in [1.807, 2.05) is 19.1 Å². The first-order valence-corrected chi connectivity index (χ1v) is 5.90. The molecule has 1 aliphatic rings. The lowest BCUT2D eigenvalue weighted by atomic mass is 10.0. The predicted molar refractivity (Wildman–Crippen MR) is 68.7 cm³/mol. The Bertz CT molecular complexity index is 694. The molecule has 1 aromatic carbocycles. The van der Waals surface area contributed by atoms with Gasteiger partial charge in [0.25, 0.3) is 0 Å². The summed E-state index contributed by atoms with van der Waals surface area (Å²) < 4.78 is 15.5. The van der Waals surface area contributed by atoms with Gasteiger partial charge in [-0.3, -0.25) is 4.98 Å². The maximum atomic E-state index is 11.8. The third-order valence-corrected chi connectivity index (χ3v) is 3.31. The number of rotatable bonds is 1. The Kier molecular flexibility index (Phi) is 2.55. The van der Waals surface area contributed by atoms with E-state index >= 15 is 0 Å². The number of carbonyl (C=O) groups is 1. The van der Waals surface area contributed by atoms with E-state index in [1.165, 1.54) is 7.11 Å². The zero-order valence-corrected chi connectivity index (χ0v) is 10.9. The van der Waals surface area contributed by atoms with Crippen LogP contribution in [0.5, 0.6) is 11.5 Å². The molecule has 0 unspecified atom stereocenters. The van der Waals surface area contributed by atoms with Crippen LogP contribution in [0.15, 0.2) is 12.1 Å². The van der Waals surface area contributed by atoms with Crippen molar-refractivity contribution in [3.63, 3.8) is 0 Å². The molecule has 0 saturated carbocycles. The highest BCUT2D eigenvalue weighted by Crippen LogP contribution is 2.37. The molecule has 0 N–H and O–H groups in total. The topological polar surface area (TPSA) is 57.7 Å². The highest BCUT2D eigenvalue weighted by Gasteiger charge is 2.20. The maximum Gasteiger partial charge on any atom is 0.339 e. The normalized spacial score (nSPS) is 12.8. The number of nitrogens with zero attached hydrogens (tertiary/aromatic N) is 1. The molecule has 2 aromatic rings. The lowest BCUT2D eigenvalue weighted by Gasteiger charge is -2.11. The molecule has 0 bridgehead atoms. The van der Waals surface area contributed by atoms with Crippen molar-refractivity contribution in [2.24, 2.45) is 0 Å². The summed E-state index contributed by atoms with van der Waals surface area (Å²) in [5, 5.41) is 0.871. The number of hydrogen-bond donors (Lipinski definition) is 0. The molecule has 0 aliphatic carbocycles. The predicted octanol–water partition coefficient (Wildman–Crippen LogP) is 2.37. The van der Waals surface area contributed by atoms with Crippen LogP contribution in [0.1, 0.15) is 21.6 Å². The van der Waals surface area contributed by atoms with Crippen LogP contribution in [-0.4, -0.2) is 24.9 Å². The Hall–Kier alpha value is -2.30. The minimum absolute atomic E-state index is 0.216. The molecule has 5 nitrogen and oxygen atoms in total. The lowest BCUT2D eigenvalue weighted by molar-refractivity contribution is 0.0599. The van der Waals surface area contributed by atoms with Crippen molar-refractivity contribution in [1.82, 2.24) is 4.98 Å². The Morgan fingerprint density at radius 1 is 1.26 bits per heavy atom. The van der Waals surface area contributed by atoms with Crippen molar-refractivity contribution < 1.29 is 19.0 Å². The number of esters is 1. The second kappa shape index (κ2) is 4.12. The fourth-order valence-electron chi connectivity index (χ4n) is 2.37. The second-order valence-corrected chi connectivity index (χ2v) is 4.41. The maximum absolute atomic E-state index is 11.8. The van der Waals surface area contributed by atoms with Crippen LogP contribution in [0, 0.1) is 13.8 Å². The van der Waals surface area contributed by atoms with Gasteiger partial charge in [-0.2, -0.15) is 0 Å². The van der Waals surface area contributed by atoms with Gasteiger partial charge in [0.1, 0.15) is 0 Å². The van der Waals surface area contributed by atoms with Crippen molar-refractivity contribution in [3.05, 3.63) is 29.0 Å². The summed E-state index contributed by atoms with van der Waals surface area (Å²) in [6, 6.07) is 3.69. The zero-order chi connectivity index (χ0) is 13.6. The van der Waals surface area contributed by atoms with Gasteiger partial charge in [0, 0.05) is 11.5 Å². The molecule has 0 spiro atoms. The summed E-state index contributed by atoms with van der Waals surface area (Å²) in [7, 11) is 1.37. The number of aromatic nitrogens is 1. The number of carbonyl (C=O) groups excluding carboxylic acids is 1. The van der Waals surface area contributed by atoms with Crippen LogP contribution >= 0.6 is 0 Å². The molecule has 5 heteroatoms. The smallest absolute Gasteiger partial charge is 0.339 e. The Labute approximate surface area is 110 Å². The van der Waals surface area contributed by atoms with E-state index in [4.69, 9.17) is 14.2 Å². The molecule has 0 fully saturated rings. The van der Waals surface area contributed by atoms with Gasteiger partial charge in [-0.25, -0.2) is 4.79 Å². The Morgan fingerprint density at radius 2 is 1.95 bits per heavy atom. The highest BCUT2D eigenvalue weighted by atomic mass is 16.7. The van der Waals surface area contributed by atoms with Crippen LogP contribution in [-0.2, 0) is 4.74 Å². The molecule has 2 heterocycles. The fourth-order valence-corrected chi connectivity index (χ4v) is 2.37. The molecule has 3 rings (SSSR count). The molecule has 0 saturated heterocycles. The summed E-state index contributed by atoms with van der Waals surface area (Å²) in [4.78, 5) is 16.3. The third kappa shape index (κ3) is 1.69. The van der Waals surface area contributed by atoms with Crippen molar-refractivity contribution in [3.8, 4) is 11.5 Å². The van der Waals surface area contributed by atoms with Crippen molar-refractivity contribution in [2.75, 3.05) is 13.9 Å². The monoisotopic (exact) mass is 259 g/mol. The molecule has 98 valence electrons. The number of pyridine rings is 1. The molecule has 1 aliphatic heterocycles. The van der Waals surface area contributed by atoms with Crippen LogP contribution in [0.4, 0.5) is 0 Å². The third-order valence-electron chi connectivity index (χ3n) is 3.31. The largest absolute Gasteiger partial charge is 0.465 e. The number of hydrogen-bond acceptors (Lipinski definition) is 5. The molecular formula is C14H13NO4. The van der Waals surface area contributed by atoms with Crippen LogP contribution in [0.2, 0.25) is 0 Å². The minimum atomic E-state index is -0.373. The first-order chi connectivity index (χ1) is 9.11. The van der Waals surface area contributed by atoms with Gasteiger partial charge in [0.05, 0.1) is 23.9 Å². The van der Waals surface area contributed by atoms with Crippen LogP contribution in [0.25, 0.3) is 10.9 Å². The van der Waals surface area contributed by atoms with E-state index in [0.29, 0.717) is 22.8 Å². The van der Waals surface area contributed by atoms with Gasteiger partial charge < -0.3 is 14.2 Å². The number of aryl methyl sites for hydroxylation is 2. The van der Waals surface area contributed by atoms with E-state index in [2.05, 4.69) is 4.98 Å². The van der Waals surface area contributed by atoms with Gasteiger partial charge in [-0.1, -0.05) is 0 Å². The second-order valence-electron chi connectivity index (χ2n) is 4.41. The minimum Gasteiger partial charge on any atom is -0.465 e. The summed E-state index contributed by atoms with van der Waals surface area (Å²) in [6.07, 6.45) is 0. The molecule has 0 atom stereocenters. The summed E-state index contributed by atoms with van der Waals surface area (Å²) >= 11 is 0. The number of ether oxygens (including phenoxy) is 3. The number of fused-ring (bicyclic) bond motifs is 2. The first kappa shape index (κ1) is 11.8. The zero-order valence-electron chi connectivity index (χ0n) is 10.9. The van der Waals surface area contributed by atoms with Gasteiger partial charge in [0.15, 0.2) is 11.5 Å². The van der Waals surface area contributed by atoms with Crippen LogP contribution < -0.4 is 9.47 Å². The van der Waals surface area contributed by atoms with E-state index in [1.54, 1.807) is 6.92 Å². The van der Waals surface area contributed by atoms with Gasteiger partial charge in [0.2, 0.25) is 6.79 Å². The lowest BCUT2D eigenvalue weighted by Crippen LogP contribution is -2.08. The summed E-state index contributed by atoms with van der Waals surface area (Å²) in [5.74, 6) is 0.990. The van der Waals surface area contributed by atoms with Gasteiger partial charge in [-0.15, -0.1) is 0 Å². The average Bonchev–Trinajstić information content (AvgIpc) is 2.83. The summed E-state index contributed by atoms with van der Waals surface area (Å²) in [5.41, 5.74) is 2.78. The fraction of sp³-hybridized carbons (Fsp3) is 0.286. The Morgan fingerprint density at radius 3 is 2.63 bits per heavy atom. The number of benzene rings is 1. The van der Waals surface area contributed by atoms with E-state index in [-0.39, 0.29) is 12.8 Å². The van der Waals surface area contributed by atoms with Gasteiger partial charge in [-0.05, 0) is 25.5 Å². The van der Waals surface area contributed by atoms with E-state index in [0.717, 1.165) is 16.5 Å². The number of methoxy groups -OCH3 is 1. The van der Waals surface area contributed by atoms with Gasteiger partial charge >= 0.3 is 5.97 Å². The van der Waals surface area contributed by atoms with Crippen molar-refractivity contribution in [1.29, 1.82) is 0 Å². The molecule has 0 amide bonds. The van der Waals surface area contributed by atoms with E-state index in [9.17, 15) is 4.79 Å². The average molecular weight is 259 g/mol. The van der Waals surface area contributed by atoms with Crippen molar-refractivity contribution in [2.45, 2.75) is 13.8 Å². The van der Waals surface area contributed by atoms with E-state index < -0.39 is 0 Å². The SMILES string of the molecule is COC(=O)c1c(C)nc2cc3c(cc2c1C)OCO3. The van der Waals surface area contributed by atoms with Crippen LogP contribution in [0.3, 0.4) is 0 Å². The quantitative estimate of drug-likeness (QED) is 0.736. The molecular weight excluding hydrogens is 246 g/mol.